The molecule has 2 aromatic rings. The van der Waals surface area contributed by atoms with Crippen molar-refractivity contribution in [1.29, 1.82) is 0 Å². The summed E-state index contributed by atoms with van der Waals surface area (Å²) < 4.78 is 43.6. The number of amides is 1. The second-order valence-corrected chi connectivity index (χ2v) is 6.53. The number of nitrogens with one attached hydrogen (secondary N) is 1. The molecule has 0 bridgehead atoms. The molecule has 146 valence electrons. The number of halogens is 4. The van der Waals surface area contributed by atoms with Crippen LogP contribution in [0, 0.1) is 0 Å². The largest absolute Gasteiger partial charge is 0.497 e. The normalized spacial score (nSPS) is 12.7. The number of anilines is 1. The van der Waals surface area contributed by atoms with Crippen LogP contribution >= 0.6 is 11.6 Å². The Morgan fingerprint density at radius 1 is 1.22 bits per heavy atom. The van der Waals surface area contributed by atoms with Crippen molar-refractivity contribution in [1.82, 2.24) is 4.90 Å². The van der Waals surface area contributed by atoms with Crippen LogP contribution in [-0.2, 0) is 17.5 Å². The van der Waals surface area contributed by atoms with E-state index in [9.17, 15) is 18.0 Å². The molecule has 0 radical (unpaired) electrons. The van der Waals surface area contributed by atoms with Crippen molar-refractivity contribution in [3.63, 3.8) is 0 Å². The first-order valence-electron chi connectivity index (χ1n) is 8.12. The Hall–Kier alpha value is -2.25. The average molecular weight is 401 g/mol. The summed E-state index contributed by atoms with van der Waals surface area (Å²) in [5.41, 5.74) is 0.0256. The van der Waals surface area contributed by atoms with E-state index < -0.39 is 23.7 Å². The minimum atomic E-state index is -4.51. The first-order chi connectivity index (χ1) is 12.6. The molecule has 0 spiro atoms. The van der Waals surface area contributed by atoms with Crippen molar-refractivity contribution in [2.24, 2.45) is 0 Å². The number of benzene rings is 2. The van der Waals surface area contributed by atoms with Crippen molar-refractivity contribution in [3.05, 3.63) is 58.6 Å². The Morgan fingerprint density at radius 3 is 2.41 bits per heavy atom. The summed E-state index contributed by atoms with van der Waals surface area (Å²) in [6.45, 7) is 2.15. The molecule has 1 N–H and O–H groups in total. The molecular weight excluding hydrogens is 381 g/mol. The molecule has 0 fully saturated rings. The first kappa shape index (κ1) is 21.1. The van der Waals surface area contributed by atoms with E-state index in [1.165, 1.54) is 0 Å². The Labute approximate surface area is 160 Å². The lowest BCUT2D eigenvalue weighted by molar-refractivity contribution is -0.137. The summed E-state index contributed by atoms with van der Waals surface area (Å²) in [5.74, 6) is 0.276. The molecule has 0 aliphatic carbocycles. The van der Waals surface area contributed by atoms with Gasteiger partial charge in [0.05, 0.1) is 29.4 Å². The van der Waals surface area contributed by atoms with Gasteiger partial charge in [-0.3, -0.25) is 9.69 Å². The van der Waals surface area contributed by atoms with Crippen molar-refractivity contribution in [3.8, 4) is 5.75 Å². The number of carbonyl (C=O) groups excluding carboxylic acids is 1. The predicted molar refractivity (Wildman–Crippen MR) is 99.0 cm³/mol. The van der Waals surface area contributed by atoms with Crippen LogP contribution in [0.3, 0.4) is 0 Å². The van der Waals surface area contributed by atoms with E-state index in [1.807, 2.05) is 24.3 Å². The maximum Gasteiger partial charge on any atom is 0.416 e. The Morgan fingerprint density at radius 2 is 1.85 bits per heavy atom. The zero-order valence-corrected chi connectivity index (χ0v) is 15.9. The highest BCUT2D eigenvalue weighted by atomic mass is 35.5. The number of likely N-dealkylation sites (N-methyl/N-ethyl adjacent to an activating group) is 1. The number of alkyl halides is 3. The number of methoxy groups -OCH3 is 1. The van der Waals surface area contributed by atoms with Gasteiger partial charge in [0.2, 0.25) is 5.91 Å². The molecule has 0 aliphatic rings. The average Bonchev–Trinajstić information content (AvgIpc) is 2.62. The third-order valence-corrected chi connectivity index (χ3v) is 4.51. The highest BCUT2D eigenvalue weighted by Crippen LogP contribution is 2.33. The molecule has 4 nitrogen and oxygen atoms in total. The minimum absolute atomic E-state index is 0.0429. The highest BCUT2D eigenvalue weighted by molar-refractivity contribution is 6.33. The summed E-state index contributed by atoms with van der Waals surface area (Å²) in [6.07, 6.45) is -4.51. The van der Waals surface area contributed by atoms with Crippen molar-refractivity contribution in [2.75, 3.05) is 19.5 Å². The lowest BCUT2D eigenvalue weighted by atomic mass is 10.1. The van der Waals surface area contributed by atoms with Crippen LogP contribution < -0.4 is 10.1 Å². The van der Waals surface area contributed by atoms with E-state index in [2.05, 4.69) is 5.32 Å². The predicted octanol–water partition coefficient (Wildman–Crippen LogP) is 4.83. The summed E-state index contributed by atoms with van der Waals surface area (Å²) >= 11 is 5.93. The standard InChI is InChI=1S/C19H20ClF3N2O2/c1-12(25(2)11-13-4-7-15(27-3)8-5-13)18(26)24-17-10-14(19(21,22)23)6-9-16(17)20/h4-10,12H,11H2,1-3H3,(H,24,26)/t12-/m1/s1. The van der Waals surface area contributed by atoms with Gasteiger partial charge in [-0.15, -0.1) is 0 Å². The SMILES string of the molecule is COc1ccc(CN(C)[C@H](C)C(=O)Nc2cc(C(F)(F)F)ccc2Cl)cc1. The quantitative estimate of drug-likeness (QED) is 0.755. The summed E-state index contributed by atoms with van der Waals surface area (Å²) in [5, 5.41) is 2.52. The Balaban J connectivity index is 2.06. The molecule has 0 unspecified atom stereocenters. The van der Waals surface area contributed by atoms with Gasteiger partial charge in [-0.2, -0.15) is 13.2 Å². The van der Waals surface area contributed by atoms with Crippen LogP contribution in [0.4, 0.5) is 18.9 Å². The summed E-state index contributed by atoms with van der Waals surface area (Å²) in [4.78, 5) is 14.2. The second-order valence-electron chi connectivity index (χ2n) is 6.12. The third kappa shape index (κ3) is 5.61. The van der Waals surface area contributed by atoms with Crippen molar-refractivity contribution < 1.29 is 22.7 Å². The van der Waals surface area contributed by atoms with Crippen LogP contribution in [0.5, 0.6) is 5.75 Å². The minimum Gasteiger partial charge on any atom is -0.497 e. The van der Waals surface area contributed by atoms with Gasteiger partial charge in [0.25, 0.3) is 0 Å². The van der Waals surface area contributed by atoms with Crippen LogP contribution in [0.25, 0.3) is 0 Å². The van der Waals surface area contributed by atoms with Gasteiger partial charge in [0.1, 0.15) is 5.75 Å². The molecule has 0 saturated heterocycles. The number of nitrogens with zero attached hydrogens (tertiary/aromatic N) is 1. The van der Waals surface area contributed by atoms with Crippen LogP contribution in [-0.4, -0.2) is 31.0 Å². The molecule has 0 aliphatic heterocycles. The maximum absolute atomic E-state index is 12.8. The van der Waals surface area contributed by atoms with Gasteiger partial charge in [-0.25, -0.2) is 0 Å². The number of rotatable bonds is 6. The molecule has 0 saturated carbocycles. The fraction of sp³-hybridized carbons (Fsp3) is 0.316. The highest BCUT2D eigenvalue weighted by Gasteiger charge is 2.31. The van der Waals surface area contributed by atoms with E-state index in [-0.39, 0.29) is 10.7 Å². The summed E-state index contributed by atoms with van der Waals surface area (Å²) in [6, 6.07) is 9.62. The number of carbonyl (C=O) groups is 1. The van der Waals surface area contributed by atoms with Crippen LogP contribution in [0.2, 0.25) is 5.02 Å². The van der Waals surface area contributed by atoms with Gasteiger partial charge in [0.15, 0.2) is 0 Å². The molecule has 0 heterocycles. The van der Waals surface area contributed by atoms with Gasteiger partial charge in [0, 0.05) is 6.54 Å². The van der Waals surface area contributed by atoms with E-state index in [4.69, 9.17) is 16.3 Å². The first-order valence-corrected chi connectivity index (χ1v) is 8.50. The maximum atomic E-state index is 12.8. The number of hydrogen-bond donors (Lipinski definition) is 1. The van der Waals surface area contributed by atoms with Crippen LogP contribution in [0.15, 0.2) is 42.5 Å². The third-order valence-electron chi connectivity index (χ3n) is 4.18. The lowest BCUT2D eigenvalue weighted by Gasteiger charge is -2.24. The topological polar surface area (TPSA) is 41.6 Å². The second kappa shape index (κ2) is 8.63. The molecular formula is C19H20ClF3N2O2. The smallest absolute Gasteiger partial charge is 0.416 e. The van der Waals surface area contributed by atoms with Crippen molar-refractivity contribution >= 4 is 23.2 Å². The summed E-state index contributed by atoms with van der Waals surface area (Å²) in [7, 11) is 3.33. The molecule has 8 heteroatoms. The molecule has 2 rings (SSSR count). The fourth-order valence-corrected chi connectivity index (χ4v) is 2.56. The van der Waals surface area contributed by atoms with E-state index >= 15 is 0 Å². The van der Waals surface area contributed by atoms with E-state index in [0.717, 1.165) is 29.5 Å². The monoisotopic (exact) mass is 400 g/mol. The Kier molecular flexibility index (Phi) is 6.73. The van der Waals surface area contributed by atoms with Gasteiger partial charge in [-0.1, -0.05) is 23.7 Å². The van der Waals surface area contributed by atoms with Gasteiger partial charge in [-0.05, 0) is 49.9 Å². The number of ether oxygens (including phenoxy) is 1. The zero-order valence-electron chi connectivity index (χ0n) is 15.1. The molecule has 1 atom stereocenters. The molecule has 1 amide bonds. The fourth-order valence-electron chi connectivity index (χ4n) is 2.39. The van der Waals surface area contributed by atoms with Gasteiger partial charge < -0.3 is 10.1 Å². The van der Waals surface area contributed by atoms with Crippen molar-refractivity contribution in [2.45, 2.75) is 25.7 Å². The van der Waals surface area contributed by atoms with E-state index in [1.54, 1.807) is 26.0 Å². The lowest BCUT2D eigenvalue weighted by Crippen LogP contribution is -2.39. The zero-order chi connectivity index (χ0) is 20.2. The number of hydrogen-bond acceptors (Lipinski definition) is 3. The Bertz CT molecular complexity index is 795. The van der Waals surface area contributed by atoms with E-state index in [0.29, 0.717) is 6.54 Å². The van der Waals surface area contributed by atoms with Crippen LogP contribution in [0.1, 0.15) is 18.1 Å². The molecule has 0 aromatic heterocycles. The molecule has 27 heavy (non-hydrogen) atoms. The van der Waals surface area contributed by atoms with Gasteiger partial charge >= 0.3 is 6.18 Å². The molecule has 2 aromatic carbocycles.